The number of aromatic amines is 1. The molecule has 0 radical (unpaired) electrons. The molecule has 32 heavy (non-hydrogen) atoms. The number of hydroxylamine groups is 1. The van der Waals surface area contributed by atoms with Crippen LogP contribution in [0.3, 0.4) is 0 Å². The van der Waals surface area contributed by atoms with E-state index in [9.17, 15) is 10.1 Å². The van der Waals surface area contributed by atoms with E-state index in [4.69, 9.17) is 14.3 Å². The molecule has 12 nitrogen and oxygen atoms in total. The second-order valence-corrected chi connectivity index (χ2v) is 6.77. The van der Waals surface area contributed by atoms with Gasteiger partial charge in [0.2, 0.25) is 5.88 Å². The number of H-pyrrole nitrogens is 1. The lowest BCUT2D eigenvalue weighted by molar-refractivity contribution is 0.0205. The molecule has 4 rings (SSSR count). The fraction of sp³-hybridized carbons (Fsp3) is 0.300. The SMILES string of the molecule is CNc1nc(-c2cccc(C#N)c2)nc(OC2CCOC2)c1C(=O)NOCc1ncn[nH]1. The number of nitriles is 1. The summed E-state index contributed by atoms with van der Waals surface area (Å²) >= 11 is 0. The molecule has 0 aliphatic carbocycles. The van der Waals surface area contributed by atoms with Gasteiger partial charge in [-0.25, -0.2) is 15.4 Å². The first-order valence-electron chi connectivity index (χ1n) is 9.79. The zero-order valence-corrected chi connectivity index (χ0v) is 17.2. The van der Waals surface area contributed by atoms with Gasteiger partial charge in [0.1, 0.15) is 30.4 Å². The van der Waals surface area contributed by atoms with Crippen LogP contribution in [-0.2, 0) is 16.2 Å². The molecule has 164 valence electrons. The highest BCUT2D eigenvalue weighted by atomic mass is 16.7. The van der Waals surface area contributed by atoms with Crippen molar-refractivity contribution in [1.82, 2.24) is 30.6 Å². The molecule has 2 aromatic heterocycles. The van der Waals surface area contributed by atoms with E-state index >= 15 is 0 Å². The summed E-state index contributed by atoms with van der Waals surface area (Å²) in [4.78, 5) is 31.0. The van der Waals surface area contributed by atoms with E-state index in [0.717, 1.165) is 0 Å². The van der Waals surface area contributed by atoms with Crippen molar-refractivity contribution in [2.45, 2.75) is 19.1 Å². The number of ether oxygens (including phenoxy) is 2. The number of benzene rings is 1. The maximum atomic E-state index is 12.9. The highest BCUT2D eigenvalue weighted by Gasteiger charge is 2.27. The molecule has 0 saturated carbocycles. The molecule has 1 aliphatic rings. The molecule has 3 N–H and O–H groups in total. The lowest BCUT2D eigenvalue weighted by Gasteiger charge is -2.18. The summed E-state index contributed by atoms with van der Waals surface area (Å²) in [7, 11) is 1.63. The van der Waals surface area contributed by atoms with Gasteiger partial charge in [-0.05, 0) is 12.1 Å². The first-order chi connectivity index (χ1) is 15.7. The second-order valence-electron chi connectivity index (χ2n) is 6.77. The van der Waals surface area contributed by atoms with Gasteiger partial charge in [-0.3, -0.25) is 14.7 Å². The normalized spacial score (nSPS) is 15.2. The molecular weight excluding hydrogens is 416 g/mol. The average molecular weight is 436 g/mol. The van der Waals surface area contributed by atoms with Gasteiger partial charge < -0.3 is 14.8 Å². The molecule has 1 fully saturated rings. The standard InChI is InChI=1S/C20H20N8O4/c1-22-18-16(19(29)28-31-10-15-23-11-24-27-15)20(32-14-5-6-30-9-14)26-17(25-18)13-4-2-3-12(7-13)8-21/h2-4,7,11,14H,5-6,9-10H2,1H3,(H,28,29)(H,22,25,26)(H,23,24,27). The molecule has 1 amide bonds. The number of carbonyl (C=O) groups excluding carboxylic acids is 1. The van der Waals surface area contributed by atoms with Crippen LogP contribution in [0.2, 0.25) is 0 Å². The second kappa shape index (κ2) is 9.82. The van der Waals surface area contributed by atoms with E-state index in [2.05, 4.69) is 42.0 Å². The molecule has 1 atom stereocenters. The smallest absolute Gasteiger partial charge is 0.284 e. The molecule has 1 aliphatic heterocycles. The Morgan fingerprint density at radius 3 is 3.03 bits per heavy atom. The fourth-order valence-electron chi connectivity index (χ4n) is 3.05. The Bertz CT molecular complexity index is 1120. The average Bonchev–Trinajstić information content (AvgIpc) is 3.53. The lowest BCUT2D eigenvalue weighted by Crippen LogP contribution is -2.28. The fourth-order valence-corrected chi connectivity index (χ4v) is 3.05. The number of nitrogens with one attached hydrogen (secondary N) is 3. The molecular formula is C20H20N8O4. The minimum Gasteiger partial charge on any atom is -0.471 e. The summed E-state index contributed by atoms with van der Waals surface area (Å²) < 4.78 is 11.4. The Kier molecular flexibility index (Phi) is 6.49. The topological polar surface area (TPSA) is 160 Å². The van der Waals surface area contributed by atoms with Crippen LogP contribution in [-0.4, -0.2) is 57.4 Å². The Balaban J connectivity index is 1.66. The summed E-state index contributed by atoms with van der Waals surface area (Å²) in [5.74, 6) is 0.479. The maximum Gasteiger partial charge on any atom is 0.284 e. The number of anilines is 1. The maximum absolute atomic E-state index is 12.9. The van der Waals surface area contributed by atoms with Crippen molar-refractivity contribution in [1.29, 1.82) is 5.26 Å². The van der Waals surface area contributed by atoms with E-state index in [1.54, 1.807) is 31.3 Å². The van der Waals surface area contributed by atoms with E-state index in [1.807, 2.05) is 0 Å². The number of hydrogen-bond donors (Lipinski definition) is 3. The van der Waals surface area contributed by atoms with Crippen molar-refractivity contribution in [2.75, 3.05) is 25.6 Å². The van der Waals surface area contributed by atoms with Gasteiger partial charge in [-0.1, -0.05) is 12.1 Å². The number of hydrogen-bond acceptors (Lipinski definition) is 10. The van der Waals surface area contributed by atoms with Crippen molar-refractivity contribution in [3.63, 3.8) is 0 Å². The van der Waals surface area contributed by atoms with Crippen molar-refractivity contribution in [3.8, 4) is 23.3 Å². The Morgan fingerprint density at radius 1 is 1.41 bits per heavy atom. The summed E-state index contributed by atoms with van der Waals surface area (Å²) in [5.41, 5.74) is 3.51. The highest BCUT2D eigenvalue weighted by Crippen LogP contribution is 2.29. The number of rotatable bonds is 8. The van der Waals surface area contributed by atoms with Crippen LogP contribution in [0.25, 0.3) is 11.4 Å². The summed E-state index contributed by atoms with van der Waals surface area (Å²) in [6.45, 7) is 0.946. The zero-order valence-electron chi connectivity index (χ0n) is 17.2. The van der Waals surface area contributed by atoms with Crippen LogP contribution >= 0.6 is 0 Å². The lowest BCUT2D eigenvalue weighted by atomic mass is 10.1. The molecule has 12 heteroatoms. The highest BCUT2D eigenvalue weighted by molar-refractivity contribution is 6.00. The van der Waals surface area contributed by atoms with Crippen molar-refractivity contribution < 1.29 is 19.1 Å². The third kappa shape index (κ3) is 4.80. The molecule has 1 aromatic carbocycles. The van der Waals surface area contributed by atoms with E-state index in [0.29, 0.717) is 42.4 Å². The number of amides is 1. The van der Waals surface area contributed by atoms with Gasteiger partial charge in [-0.15, -0.1) is 0 Å². The monoisotopic (exact) mass is 436 g/mol. The van der Waals surface area contributed by atoms with Crippen LogP contribution in [0, 0.1) is 11.3 Å². The van der Waals surface area contributed by atoms with Gasteiger partial charge in [0.15, 0.2) is 11.6 Å². The first kappa shape index (κ1) is 21.2. The Labute approximate surface area is 182 Å². The molecule has 0 spiro atoms. The predicted molar refractivity (Wildman–Crippen MR) is 110 cm³/mol. The van der Waals surface area contributed by atoms with Crippen LogP contribution in [0.15, 0.2) is 30.6 Å². The van der Waals surface area contributed by atoms with Gasteiger partial charge in [0.25, 0.3) is 5.91 Å². The molecule has 1 saturated heterocycles. The minimum absolute atomic E-state index is 0.00677. The molecule has 3 heterocycles. The zero-order chi connectivity index (χ0) is 22.3. The quantitative estimate of drug-likeness (QED) is 0.438. The molecule has 0 bridgehead atoms. The van der Waals surface area contributed by atoms with E-state index < -0.39 is 5.91 Å². The third-order valence-electron chi connectivity index (χ3n) is 4.59. The first-order valence-corrected chi connectivity index (χ1v) is 9.79. The molecule has 3 aromatic rings. The number of aromatic nitrogens is 5. The van der Waals surface area contributed by atoms with Gasteiger partial charge in [0.05, 0.1) is 24.8 Å². The number of nitrogens with zero attached hydrogens (tertiary/aromatic N) is 5. The van der Waals surface area contributed by atoms with Crippen LogP contribution < -0.4 is 15.5 Å². The number of carbonyl (C=O) groups is 1. The van der Waals surface area contributed by atoms with Gasteiger partial charge in [0, 0.05) is 19.0 Å². The van der Waals surface area contributed by atoms with E-state index in [-0.39, 0.29) is 30.0 Å². The van der Waals surface area contributed by atoms with Crippen LogP contribution in [0.4, 0.5) is 5.82 Å². The van der Waals surface area contributed by atoms with E-state index in [1.165, 1.54) is 6.33 Å². The van der Waals surface area contributed by atoms with Gasteiger partial charge >= 0.3 is 0 Å². The summed E-state index contributed by atoms with van der Waals surface area (Å²) in [6, 6.07) is 8.95. The molecule has 1 unspecified atom stereocenters. The van der Waals surface area contributed by atoms with Crippen LogP contribution in [0.1, 0.15) is 28.2 Å². The van der Waals surface area contributed by atoms with Crippen molar-refractivity contribution in [3.05, 3.63) is 47.5 Å². The summed E-state index contributed by atoms with van der Waals surface area (Å²) in [6.07, 6.45) is 1.75. The van der Waals surface area contributed by atoms with Crippen molar-refractivity contribution in [2.24, 2.45) is 0 Å². The minimum atomic E-state index is -0.597. The third-order valence-corrected chi connectivity index (χ3v) is 4.59. The van der Waals surface area contributed by atoms with Gasteiger partial charge in [-0.2, -0.15) is 15.3 Å². The largest absolute Gasteiger partial charge is 0.471 e. The Morgan fingerprint density at radius 2 is 2.31 bits per heavy atom. The van der Waals surface area contributed by atoms with Crippen LogP contribution in [0.5, 0.6) is 5.88 Å². The van der Waals surface area contributed by atoms with Crippen molar-refractivity contribution >= 4 is 11.7 Å². The summed E-state index contributed by atoms with van der Waals surface area (Å²) in [5, 5.41) is 18.5. The Hall–Kier alpha value is -4.08. The predicted octanol–water partition coefficient (Wildman–Crippen LogP) is 1.20.